The normalized spacial score (nSPS) is 11.9. The van der Waals surface area contributed by atoms with Gasteiger partial charge in [-0.15, -0.1) is 0 Å². The first kappa shape index (κ1) is 31.6. The molecule has 12 aromatic rings. The molecule has 0 spiro atoms. The van der Waals surface area contributed by atoms with Crippen LogP contribution in [0.1, 0.15) is 0 Å². The van der Waals surface area contributed by atoms with E-state index in [1.54, 1.807) is 0 Å². The zero-order chi connectivity index (χ0) is 37.5. The molecule has 0 saturated heterocycles. The summed E-state index contributed by atoms with van der Waals surface area (Å²) in [6.45, 7) is 0. The second-order valence-corrected chi connectivity index (χ2v) is 14.6. The van der Waals surface area contributed by atoms with E-state index in [4.69, 9.17) is 14.4 Å². The van der Waals surface area contributed by atoms with Gasteiger partial charge in [0.2, 0.25) is 5.95 Å². The summed E-state index contributed by atoms with van der Waals surface area (Å²) >= 11 is 0. The molecule has 4 aromatic heterocycles. The van der Waals surface area contributed by atoms with Gasteiger partial charge in [-0.25, -0.2) is 9.97 Å². The lowest BCUT2D eigenvalue weighted by atomic mass is 9.96. The Kier molecular flexibility index (Phi) is 6.86. The average Bonchev–Trinajstić information content (AvgIpc) is 3.95. The molecule has 266 valence electrons. The molecule has 0 saturated carbocycles. The highest BCUT2D eigenvalue weighted by Crippen LogP contribution is 2.45. The molecule has 0 unspecified atom stereocenters. The molecule has 4 heterocycles. The maximum Gasteiger partial charge on any atom is 0.235 e. The number of nitrogens with zero attached hydrogens (tertiary/aromatic N) is 4. The second-order valence-electron chi connectivity index (χ2n) is 14.6. The fraction of sp³-hybridized carbons (Fsp3) is 0. The number of rotatable bonds is 5. The van der Waals surface area contributed by atoms with Crippen LogP contribution in [0.25, 0.3) is 111 Å². The van der Waals surface area contributed by atoms with Gasteiger partial charge in [0, 0.05) is 49.1 Å². The first-order valence-corrected chi connectivity index (χ1v) is 19.3. The smallest absolute Gasteiger partial charge is 0.235 e. The van der Waals surface area contributed by atoms with Gasteiger partial charge in [-0.1, -0.05) is 146 Å². The average molecular weight is 729 g/mol. The summed E-state index contributed by atoms with van der Waals surface area (Å²) in [6.07, 6.45) is 0. The zero-order valence-corrected chi connectivity index (χ0v) is 30.7. The van der Waals surface area contributed by atoms with Crippen LogP contribution in [0.4, 0.5) is 0 Å². The molecule has 12 rings (SSSR count). The second kappa shape index (κ2) is 12.4. The lowest BCUT2D eigenvalue weighted by Gasteiger charge is -2.13. The summed E-state index contributed by atoms with van der Waals surface area (Å²) in [5, 5.41) is 6.81. The quantitative estimate of drug-likeness (QED) is 0.177. The predicted molar refractivity (Wildman–Crippen MR) is 234 cm³/mol. The monoisotopic (exact) mass is 728 g/mol. The highest BCUT2D eigenvalue weighted by molar-refractivity contribution is 6.26. The molecule has 8 aromatic carbocycles. The Labute approximate surface area is 327 Å². The van der Waals surface area contributed by atoms with E-state index in [-0.39, 0.29) is 0 Å². The van der Waals surface area contributed by atoms with Crippen LogP contribution >= 0.6 is 0 Å². The summed E-state index contributed by atoms with van der Waals surface area (Å²) < 4.78 is 11.4. The third-order valence-electron chi connectivity index (χ3n) is 11.4. The van der Waals surface area contributed by atoms with Crippen LogP contribution in [0, 0.1) is 0 Å². The molecule has 0 fully saturated rings. The Morgan fingerprint density at radius 3 is 1.51 bits per heavy atom. The minimum Gasteiger partial charge on any atom is -0.454 e. The number of aromatic nitrogens is 4. The molecule has 0 amide bonds. The molecular formula is C52H32N4O. The van der Waals surface area contributed by atoms with Gasteiger partial charge in [-0.3, -0.25) is 4.57 Å². The summed E-state index contributed by atoms with van der Waals surface area (Å²) in [4.78, 5) is 10.7. The lowest BCUT2D eigenvalue weighted by Crippen LogP contribution is -2.04. The summed E-state index contributed by atoms with van der Waals surface area (Å²) in [6, 6.07) is 68.3. The van der Waals surface area contributed by atoms with E-state index < -0.39 is 0 Å². The SMILES string of the molecule is c1ccc(-c2cc(-c3ccccc3)nc(-n3c4ccccc4c4c(-c5ccc(-n6c7ccccc7c7ccccc76)cc5)cc5c6ccccc6oc5c43)n2)cc1. The molecule has 0 aliphatic heterocycles. The van der Waals surface area contributed by atoms with Gasteiger partial charge in [0.15, 0.2) is 5.58 Å². The van der Waals surface area contributed by atoms with Crippen molar-refractivity contribution in [1.82, 2.24) is 19.1 Å². The van der Waals surface area contributed by atoms with Crippen molar-refractivity contribution in [2.45, 2.75) is 0 Å². The van der Waals surface area contributed by atoms with Crippen molar-refractivity contribution < 1.29 is 4.42 Å². The Bertz CT molecular complexity index is 3390. The van der Waals surface area contributed by atoms with E-state index >= 15 is 0 Å². The van der Waals surface area contributed by atoms with Gasteiger partial charge in [-0.2, -0.15) is 0 Å². The maximum atomic E-state index is 6.85. The number of fused-ring (bicyclic) bond motifs is 10. The van der Waals surface area contributed by atoms with E-state index in [0.29, 0.717) is 5.95 Å². The van der Waals surface area contributed by atoms with Crippen molar-refractivity contribution in [3.05, 3.63) is 194 Å². The molecule has 0 N–H and O–H groups in total. The summed E-state index contributed by atoms with van der Waals surface area (Å²) in [5.41, 5.74) is 13.1. The Morgan fingerprint density at radius 1 is 0.386 bits per heavy atom. The van der Waals surface area contributed by atoms with E-state index in [9.17, 15) is 0 Å². The minimum absolute atomic E-state index is 0.585. The predicted octanol–water partition coefficient (Wildman–Crippen LogP) is 13.6. The lowest BCUT2D eigenvalue weighted by molar-refractivity contribution is 0.671. The fourth-order valence-electron chi connectivity index (χ4n) is 8.80. The van der Waals surface area contributed by atoms with E-state index in [0.717, 1.165) is 83.1 Å². The topological polar surface area (TPSA) is 48.8 Å². The van der Waals surface area contributed by atoms with Gasteiger partial charge < -0.3 is 8.98 Å². The zero-order valence-electron chi connectivity index (χ0n) is 30.7. The van der Waals surface area contributed by atoms with Gasteiger partial charge in [0.05, 0.1) is 27.9 Å². The number of benzene rings is 8. The van der Waals surface area contributed by atoms with Crippen molar-refractivity contribution >= 4 is 65.6 Å². The largest absolute Gasteiger partial charge is 0.454 e. The number of para-hydroxylation sites is 4. The van der Waals surface area contributed by atoms with Crippen LogP contribution in [-0.4, -0.2) is 19.1 Å². The van der Waals surface area contributed by atoms with Crippen LogP contribution in [0.5, 0.6) is 0 Å². The molecular weight excluding hydrogens is 697 g/mol. The fourth-order valence-corrected chi connectivity index (χ4v) is 8.80. The maximum absolute atomic E-state index is 6.85. The van der Waals surface area contributed by atoms with Gasteiger partial charge >= 0.3 is 0 Å². The third-order valence-corrected chi connectivity index (χ3v) is 11.4. The van der Waals surface area contributed by atoms with Gasteiger partial charge in [-0.05, 0) is 59.7 Å². The first-order valence-electron chi connectivity index (χ1n) is 19.3. The minimum atomic E-state index is 0.585. The number of furan rings is 1. The highest BCUT2D eigenvalue weighted by atomic mass is 16.3. The van der Waals surface area contributed by atoms with E-state index in [1.165, 1.54) is 21.8 Å². The van der Waals surface area contributed by atoms with Gasteiger partial charge in [0.1, 0.15) is 11.1 Å². The van der Waals surface area contributed by atoms with Crippen molar-refractivity contribution in [2.24, 2.45) is 0 Å². The van der Waals surface area contributed by atoms with Crippen molar-refractivity contribution in [1.29, 1.82) is 0 Å². The highest BCUT2D eigenvalue weighted by Gasteiger charge is 2.25. The van der Waals surface area contributed by atoms with E-state index in [1.807, 2.05) is 24.3 Å². The van der Waals surface area contributed by atoms with Crippen LogP contribution in [0.3, 0.4) is 0 Å². The van der Waals surface area contributed by atoms with Gasteiger partial charge in [0.25, 0.3) is 0 Å². The molecule has 0 aliphatic rings. The summed E-state index contributed by atoms with van der Waals surface area (Å²) in [5.74, 6) is 0.585. The first-order chi connectivity index (χ1) is 28.3. The molecule has 0 aliphatic carbocycles. The molecule has 0 radical (unpaired) electrons. The van der Waals surface area contributed by atoms with E-state index in [2.05, 4.69) is 179 Å². The molecule has 0 atom stereocenters. The number of hydrogen-bond donors (Lipinski definition) is 0. The Hall–Kier alpha value is -7.76. The number of hydrogen-bond acceptors (Lipinski definition) is 3. The van der Waals surface area contributed by atoms with Crippen molar-refractivity contribution in [2.75, 3.05) is 0 Å². The molecule has 5 nitrogen and oxygen atoms in total. The summed E-state index contributed by atoms with van der Waals surface area (Å²) in [7, 11) is 0. The molecule has 0 bridgehead atoms. The van der Waals surface area contributed by atoms with Crippen LogP contribution < -0.4 is 0 Å². The van der Waals surface area contributed by atoms with Crippen molar-refractivity contribution in [3.63, 3.8) is 0 Å². The van der Waals surface area contributed by atoms with Crippen molar-refractivity contribution in [3.8, 4) is 45.3 Å². The Balaban J connectivity index is 1.16. The standard InChI is InChI=1S/C52H32N4O/c1-3-15-34(16-4-1)43-32-44(35-17-5-2-6-18-35)54-52(53-43)56-47-25-13-9-22-40(47)49-41(31-42-39-21-10-14-26-48(39)57-51(42)50(49)56)33-27-29-36(30-28-33)55-45-23-11-7-19-37(45)38-20-8-12-24-46(38)55/h1-32H. The van der Waals surface area contributed by atoms with Crippen LogP contribution in [0.2, 0.25) is 0 Å². The van der Waals surface area contributed by atoms with Crippen LogP contribution in [0.15, 0.2) is 199 Å². The third kappa shape index (κ3) is 4.82. The Morgan fingerprint density at radius 2 is 0.895 bits per heavy atom. The van der Waals surface area contributed by atoms with Crippen LogP contribution in [-0.2, 0) is 0 Å². The molecule has 57 heavy (non-hydrogen) atoms. The molecule has 5 heteroatoms.